The van der Waals surface area contributed by atoms with Crippen molar-refractivity contribution >= 4 is 16.9 Å². The summed E-state index contributed by atoms with van der Waals surface area (Å²) >= 11 is 0. The van der Waals surface area contributed by atoms with E-state index in [4.69, 9.17) is 9.15 Å². The summed E-state index contributed by atoms with van der Waals surface area (Å²) in [4.78, 5) is 11.9. The van der Waals surface area contributed by atoms with Crippen LogP contribution < -0.4 is 5.32 Å². The van der Waals surface area contributed by atoms with Crippen LogP contribution >= 0.6 is 0 Å². The lowest BCUT2D eigenvalue weighted by atomic mass is 9.95. The van der Waals surface area contributed by atoms with Gasteiger partial charge in [0.2, 0.25) is 5.91 Å². The van der Waals surface area contributed by atoms with Gasteiger partial charge in [0.1, 0.15) is 5.58 Å². The van der Waals surface area contributed by atoms with Gasteiger partial charge in [0.15, 0.2) is 0 Å². The van der Waals surface area contributed by atoms with Crippen LogP contribution in [0, 0.1) is 6.92 Å². The van der Waals surface area contributed by atoms with E-state index in [0.717, 1.165) is 16.5 Å². The molecule has 1 amide bonds. The van der Waals surface area contributed by atoms with Crippen molar-refractivity contribution in [1.29, 1.82) is 0 Å². The van der Waals surface area contributed by atoms with Gasteiger partial charge in [-0.15, -0.1) is 0 Å². The maximum absolute atomic E-state index is 11.9. The normalized spacial score (nSPS) is 11.3. The molecule has 0 fully saturated rings. The second kappa shape index (κ2) is 6.76. The van der Waals surface area contributed by atoms with E-state index in [-0.39, 0.29) is 5.91 Å². The summed E-state index contributed by atoms with van der Waals surface area (Å²) in [5, 5.41) is 3.86. The van der Waals surface area contributed by atoms with Crippen LogP contribution in [0.15, 0.2) is 22.8 Å². The first kappa shape index (κ1) is 15.6. The molecule has 1 aromatic carbocycles. The zero-order chi connectivity index (χ0) is 15.4. The maximum atomic E-state index is 11.9. The van der Waals surface area contributed by atoms with Crippen molar-refractivity contribution in [2.45, 2.75) is 33.1 Å². The standard InChI is InChI=1S/C17H23NO3/c1-11(2)14-9-15-13(8-17(19)18-5-6-20-4)10-21-16(15)7-12(14)3/h7,9-11H,5-6,8H2,1-4H3,(H,18,19). The molecular weight excluding hydrogens is 266 g/mol. The van der Waals surface area contributed by atoms with Crippen LogP contribution in [0.2, 0.25) is 0 Å². The van der Waals surface area contributed by atoms with Crippen LogP contribution in [0.5, 0.6) is 0 Å². The third-order valence-electron chi connectivity index (χ3n) is 3.64. The Kier molecular flexibility index (Phi) is 5.02. The minimum absolute atomic E-state index is 0.0126. The summed E-state index contributed by atoms with van der Waals surface area (Å²) in [6, 6.07) is 4.20. The van der Waals surface area contributed by atoms with Crippen LogP contribution in [0.25, 0.3) is 11.0 Å². The average Bonchev–Trinajstić information content (AvgIpc) is 2.80. The van der Waals surface area contributed by atoms with Gasteiger partial charge in [-0.2, -0.15) is 0 Å². The van der Waals surface area contributed by atoms with E-state index < -0.39 is 0 Å². The van der Waals surface area contributed by atoms with Gasteiger partial charge in [0, 0.05) is 24.6 Å². The molecule has 0 aliphatic carbocycles. The van der Waals surface area contributed by atoms with E-state index in [9.17, 15) is 4.79 Å². The summed E-state index contributed by atoms with van der Waals surface area (Å²) in [5.41, 5.74) is 4.30. The lowest BCUT2D eigenvalue weighted by Crippen LogP contribution is -2.28. The van der Waals surface area contributed by atoms with Gasteiger partial charge in [-0.05, 0) is 36.1 Å². The highest BCUT2D eigenvalue weighted by atomic mass is 16.5. The number of hydrogen-bond acceptors (Lipinski definition) is 3. The van der Waals surface area contributed by atoms with Gasteiger partial charge in [-0.3, -0.25) is 4.79 Å². The number of furan rings is 1. The molecule has 0 unspecified atom stereocenters. The van der Waals surface area contributed by atoms with Crippen LogP contribution in [0.3, 0.4) is 0 Å². The quantitative estimate of drug-likeness (QED) is 0.831. The van der Waals surface area contributed by atoms with Crippen molar-refractivity contribution in [2.24, 2.45) is 0 Å². The fourth-order valence-corrected chi connectivity index (χ4v) is 2.53. The maximum Gasteiger partial charge on any atom is 0.224 e. The van der Waals surface area contributed by atoms with E-state index >= 15 is 0 Å². The first-order chi connectivity index (χ1) is 10.0. The minimum atomic E-state index is -0.0126. The molecule has 0 aliphatic rings. The molecule has 1 aromatic heterocycles. The molecule has 2 rings (SSSR count). The Hall–Kier alpha value is -1.81. The lowest BCUT2D eigenvalue weighted by Gasteiger charge is -2.10. The van der Waals surface area contributed by atoms with E-state index in [1.54, 1.807) is 13.4 Å². The van der Waals surface area contributed by atoms with Crippen molar-refractivity contribution in [1.82, 2.24) is 5.32 Å². The van der Waals surface area contributed by atoms with E-state index in [1.807, 2.05) is 0 Å². The number of amides is 1. The Morgan fingerprint density at radius 3 is 2.81 bits per heavy atom. The Morgan fingerprint density at radius 2 is 2.14 bits per heavy atom. The van der Waals surface area contributed by atoms with E-state index in [1.165, 1.54) is 11.1 Å². The lowest BCUT2D eigenvalue weighted by molar-refractivity contribution is -0.120. The number of carbonyl (C=O) groups is 1. The number of ether oxygens (including phenoxy) is 1. The minimum Gasteiger partial charge on any atom is -0.464 e. The van der Waals surface area contributed by atoms with Crippen LogP contribution in [0.1, 0.15) is 36.5 Å². The average molecular weight is 289 g/mol. The first-order valence-electron chi connectivity index (χ1n) is 7.29. The molecule has 1 N–H and O–H groups in total. The van der Waals surface area contributed by atoms with Crippen LogP contribution in [-0.2, 0) is 16.0 Å². The van der Waals surface area contributed by atoms with Crippen molar-refractivity contribution in [2.75, 3.05) is 20.3 Å². The summed E-state index contributed by atoms with van der Waals surface area (Å²) in [7, 11) is 1.62. The molecule has 114 valence electrons. The highest BCUT2D eigenvalue weighted by Crippen LogP contribution is 2.29. The molecule has 4 nitrogen and oxygen atoms in total. The summed E-state index contributed by atoms with van der Waals surface area (Å²) < 4.78 is 10.5. The third kappa shape index (κ3) is 3.64. The smallest absolute Gasteiger partial charge is 0.224 e. The molecule has 2 aromatic rings. The van der Waals surface area contributed by atoms with E-state index in [2.05, 4.69) is 38.2 Å². The highest BCUT2D eigenvalue weighted by Gasteiger charge is 2.13. The molecule has 0 saturated heterocycles. The predicted octanol–water partition coefficient (Wildman–Crippen LogP) is 3.17. The molecule has 1 heterocycles. The van der Waals surface area contributed by atoms with Gasteiger partial charge in [-0.1, -0.05) is 13.8 Å². The highest BCUT2D eigenvalue weighted by molar-refractivity contribution is 5.88. The number of benzene rings is 1. The molecule has 0 bridgehead atoms. The van der Waals surface area contributed by atoms with Crippen LogP contribution in [0.4, 0.5) is 0 Å². The number of rotatable bonds is 6. The molecule has 0 atom stereocenters. The van der Waals surface area contributed by atoms with Crippen molar-refractivity contribution in [3.8, 4) is 0 Å². The monoisotopic (exact) mass is 289 g/mol. The molecule has 0 radical (unpaired) electrons. The molecular formula is C17H23NO3. The van der Waals surface area contributed by atoms with Gasteiger partial charge in [0.05, 0.1) is 19.3 Å². The first-order valence-corrected chi connectivity index (χ1v) is 7.29. The SMILES string of the molecule is COCCNC(=O)Cc1coc2cc(C)c(C(C)C)cc12. The van der Waals surface area contributed by atoms with Gasteiger partial charge in [0.25, 0.3) is 0 Å². The molecule has 0 aliphatic heterocycles. The fourth-order valence-electron chi connectivity index (χ4n) is 2.53. The van der Waals surface area contributed by atoms with Crippen molar-refractivity contribution < 1.29 is 13.9 Å². The number of carbonyl (C=O) groups excluding carboxylic acids is 1. The summed E-state index contributed by atoms with van der Waals surface area (Å²) in [6.45, 7) is 7.49. The Balaban J connectivity index is 2.20. The second-order valence-electron chi connectivity index (χ2n) is 5.64. The Morgan fingerprint density at radius 1 is 1.38 bits per heavy atom. The molecule has 0 spiro atoms. The molecule has 4 heteroatoms. The van der Waals surface area contributed by atoms with Crippen molar-refractivity contribution in [3.05, 3.63) is 35.1 Å². The number of methoxy groups -OCH3 is 1. The number of hydrogen-bond donors (Lipinski definition) is 1. The Labute approximate surface area is 125 Å². The predicted molar refractivity (Wildman–Crippen MR) is 83.6 cm³/mol. The fraction of sp³-hybridized carbons (Fsp3) is 0.471. The largest absolute Gasteiger partial charge is 0.464 e. The second-order valence-corrected chi connectivity index (χ2v) is 5.64. The summed E-state index contributed by atoms with van der Waals surface area (Å²) in [5.74, 6) is 0.439. The van der Waals surface area contributed by atoms with Gasteiger partial charge >= 0.3 is 0 Å². The number of fused-ring (bicyclic) bond motifs is 1. The topological polar surface area (TPSA) is 51.5 Å². The molecule has 0 saturated carbocycles. The van der Waals surface area contributed by atoms with Gasteiger partial charge in [-0.25, -0.2) is 0 Å². The Bertz CT molecular complexity index is 628. The third-order valence-corrected chi connectivity index (χ3v) is 3.64. The van der Waals surface area contributed by atoms with Gasteiger partial charge < -0.3 is 14.5 Å². The van der Waals surface area contributed by atoms with E-state index in [0.29, 0.717) is 25.5 Å². The van der Waals surface area contributed by atoms with Crippen molar-refractivity contribution in [3.63, 3.8) is 0 Å². The van der Waals surface area contributed by atoms with Crippen LogP contribution in [-0.4, -0.2) is 26.2 Å². The summed E-state index contributed by atoms with van der Waals surface area (Å²) in [6.07, 6.45) is 2.02. The zero-order valence-corrected chi connectivity index (χ0v) is 13.2. The number of aryl methyl sites for hydroxylation is 1. The zero-order valence-electron chi connectivity index (χ0n) is 13.2. The number of nitrogens with one attached hydrogen (secondary N) is 1. The molecule has 21 heavy (non-hydrogen) atoms.